The summed E-state index contributed by atoms with van der Waals surface area (Å²) in [5, 5.41) is 3.00. The van der Waals surface area contributed by atoms with Gasteiger partial charge in [-0.05, 0) is 6.42 Å². The Labute approximate surface area is 125 Å². The predicted molar refractivity (Wildman–Crippen MR) is 81.0 cm³/mol. The van der Waals surface area contributed by atoms with E-state index < -0.39 is 0 Å². The van der Waals surface area contributed by atoms with E-state index in [1.54, 1.807) is 7.11 Å². The number of amides is 1. The Morgan fingerprint density at radius 2 is 2.19 bits per heavy atom. The molecule has 0 radical (unpaired) electrons. The summed E-state index contributed by atoms with van der Waals surface area (Å²) in [6.07, 6.45) is 2.47. The molecule has 2 rings (SSSR count). The van der Waals surface area contributed by atoms with Crippen LogP contribution >= 0.6 is 0 Å². The lowest BCUT2D eigenvalue weighted by Gasteiger charge is -2.51. The van der Waals surface area contributed by atoms with Crippen LogP contribution < -0.4 is 11.1 Å². The molecule has 1 aromatic rings. The Hall–Kier alpha value is -1.69. The van der Waals surface area contributed by atoms with Crippen molar-refractivity contribution in [3.8, 4) is 0 Å². The van der Waals surface area contributed by atoms with Gasteiger partial charge in [0.05, 0.1) is 18.0 Å². The Morgan fingerprint density at radius 3 is 2.71 bits per heavy atom. The first-order valence-electron chi connectivity index (χ1n) is 7.23. The predicted octanol–water partition coefficient (Wildman–Crippen LogP) is 1.73. The van der Waals surface area contributed by atoms with Crippen LogP contribution in [0.4, 0.5) is 5.69 Å². The fourth-order valence-corrected chi connectivity index (χ4v) is 2.62. The Bertz CT molecular complexity index is 542. The van der Waals surface area contributed by atoms with Crippen LogP contribution in [0.15, 0.2) is 6.20 Å². The number of anilines is 1. The van der Waals surface area contributed by atoms with E-state index in [0.717, 1.165) is 6.42 Å². The van der Waals surface area contributed by atoms with E-state index >= 15 is 0 Å². The maximum atomic E-state index is 12.4. The highest BCUT2D eigenvalue weighted by Gasteiger charge is 2.49. The first-order chi connectivity index (χ1) is 9.77. The Balaban J connectivity index is 2.13. The summed E-state index contributed by atoms with van der Waals surface area (Å²) in [4.78, 5) is 20.8. The summed E-state index contributed by atoms with van der Waals surface area (Å²) in [6.45, 7) is 8.12. The molecule has 0 aliphatic heterocycles. The molecule has 3 N–H and O–H groups in total. The molecule has 2 atom stereocenters. The van der Waals surface area contributed by atoms with Gasteiger partial charge in [-0.1, -0.05) is 27.7 Å². The molecule has 1 fully saturated rings. The van der Waals surface area contributed by atoms with Crippen LogP contribution in [-0.4, -0.2) is 35.1 Å². The van der Waals surface area contributed by atoms with Crippen molar-refractivity contribution in [3.63, 3.8) is 0 Å². The lowest BCUT2D eigenvalue weighted by atomic mass is 9.64. The zero-order valence-electron chi connectivity index (χ0n) is 13.3. The van der Waals surface area contributed by atoms with E-state index in [4.69, 9.17) is 10.5 Å². The van der Waals surface area contributed by atoms with Crippen LogP contribution in [0.3, 0.4) is 0 Å². The average molecular weight is 292 g/mol. The second-order valence-electron chi connectivity index (χ2n) is 6.49. The minimum atomic E-state index is -0.246. The molecule has 1 aromatic heterocycles. The molecule has 1 aliphatic carbocycles. The highest BCUT2D eigenvalue weighted by Crippen LogP contribution is 2.42. The van der Waals surface area contributed by atoms with E-state index in [1.807, 2.05) is 13.8 Å². The molecule has 0 aromatic carbocycles. The molecule has 0 bridgehead atoms. The van der Waals surface area contributed by atoms with Crippen LogP contribution in [0.2, 0.25) is 0 Å². The molecule has 1 heterocycles. The number of aromatic nitrogens is 2. The van der Waals surface area contributed by atoms with E-state index in [1.165, 1.54) is 6.20 Å². The second-order valence-corrected chi connectivity index (χ2v) is 6.49. The molecule has 116 valence electrons. The van der Waals surface area contributed by atoms with Gasteiger partial charge < -0.3 is 15.8 Å². The van der Waals surface area contributed by atoms with Crippen LogP contribution in [-0.2, 0) is 4.74 Å². The van der Waals surface area contributed by atoms with Gasteiger partial charge in [0.25, 0.3) is 5.91 Å². The Kier molecular flexibility index (Phi) is 4.18. The fourth-order valence-electron chi connectivity index (χ4n) is 2.62. The second kappa shape index (κ2) is 5.60. The van der Waals surface area contributed by atoms with Crippen LogP contribution in [0.5, 0.6) is 0 Å². The van der Waals surface area contributed by atoms with Crippen LogP contribution in [0, 0.1) is 5.41 Å². The number of rotatable bonds is 4. The fraction of sp³-hybridized carbons (Fsp3) is 0.667. The molecule has 6 nitrogen and oxygen atoms in total. The number of ether oxygens (including phenoxy) is 1. The smallest absolute Gasteiger partial charge is 0.272 e. The molecule has 0 spiro atoms. The van der Waals surface area contributed by atoms with Gasteiger partial charge in [-0.15, -0.1) is 0 Å². The molecule has 0 saturated heterocycles. The maximum absolute atomic E-state index is 12.4. The summed E-state index contributed by atoms with van der Waals surface area (Å²) in [7, 11) is 1.70. The van der Waals surface area contributed by atoms with Crippen molar-refractivity contribution in [1.29, 1.82) is 0 Å². The third kappa shape index (κ3) is 2.85. The number of nitrogens with zero attached hydrogens (tertiary/aromatic N) is 2. The summed E-state index contributed by atoms with van der Waals surface area (Å²) in [5.74, 6) is 0.525. The van der Waals surface area contributed by atoms with Gasteiger partial charge in [-0.25, -0.2) is 9.97 Å². The molecule has 2 unspecified atom stereocenters. The minimum Gasteiger partial charge on any atom is -0.396 e. The number of carbonyl (C=O) groups excluding carboxylic acids is 1. The lowest BCUT2D eigenvalue weighted by molar-refractivity contribution is -0.0942. The average Bonchev–Trinajstić information content (AvgIpc) is 2.42. The monoisotopic (exact) mass is 292 g/mol. The minimum absolute atomic E-state index is 0.0619. The van der Waals surface area contributed by atoms with E-state index in [0.29, 0.717) is 11.5 Å². The highest BCUT2D eigenvalue weighted by molar-refractivity contribution is 5.97. The van der Waals surface area contributed by atoms with Crippen molar-refractivity contribution < 1.29 is 9.53 Å². The van der Waals surface area contributed by atoms with Crippen LogP contribution in [0.1, 0.15) is 56.3 Å². The van der Waals surface area contributed by atoms with E-state index in [-0.39, 0.29) is 35.1 Å². The third-order valence-electron chi connectivity index (χ3n) is 4.33. The number of nitrogens with two attached hydrogens (primary N) is 1. The molecule has 1 amide bonds. The third-order valence-corrected chi connectivity index (χ3v) is 4.33. The van der Waals surface area contributed by atoms with Crippen molar-refractivity contribution in [3.05, 3.63) is 17.7 Å². The standard InChI is InChI=1S/C15H24N4O2/c1-8(2)13-17-7-9(16)12(19-13)14(20)18-10-6-11(21-5)15(10,3)4/h7-8,10-11H,6,16H2,1-5H3,(H,18,20). The zero-order chi connectivity index (χ0) is 15.8. The maximum Gasteiger partial charge on any atom is 0.272 e. The largest absolute Gasteiger partial charge is 0.396 e. The lowest BCUT2D eigenvalue weighted by Crippen LogP contribution is -2.61. The van der Waals surface area contributed by atoms with Crippen molar-refractivity contribution in [2.75, 3.05) is 12.8 Å². The quantitative estimate of drug-likeness (QED) is 0.882. The normalized spacial score (nSPS) is 23.7. The molecular weight excluding hydrogens is 268 g/mol. The van der Waals surface area contributed by atoms with Gasteiger partial charge in [0.2, 0.25) is 0 Å². The Morgan fingerprint density at radius 1 is 1.52 bits per heavy atom. The number of nitrogen functional groups attached to an aromatic ring is 1. The first kappa shape index (κ1) is 15.7. The number of carbonyl (C=O) groups is 1. The summed E-state index contributed by atoms with van der Waals surface area (Å²) in [6, 6.07) is 0.0619. The molecule has 1 aliphatic rings. The van der Waals surface area contributed by atoms with E-state index in [9.17, 15) is 4.79 Å². The number of methoxy groups -OCH3 is 1. The first-order valence-corrected chi connectivity index (χ1v) is 7.23. The van der Waals surface area contributed by atoms with E-state index in [2.05, 4.69) is 29.1 Å². The highest BCUT2D eigenvalue weighted by atomic mass is 16.5. The molecule has 21 heavy (non-hydrogen) atoms. The summed E-state index contributed by atoms with van der Waals surface area (Å²) >= 11 is 0. The summed E-state index contributed by atoms with van der Waals surface area (Å²) < 4.78 is 5.39. The molecule has 6 heteroatoms. The number of nitrogens with one attached hydrogen (secondary N) is 1. The zero-order valence-corrected chi connectivity index (χ0v) is 13.3. The SMILES string of the molecule is COC1CC(NC(=O)c2nc(C(C)C)ncc2N)C1(C)C. The van der Waals surface area contributed by atoms with Gasteiger partial charge in [-0.3, -0.25) is 4.79 Å². The van der Waals surface area contributed by atoms with Gasteiger partial charge in [-0.2, -0.15) is 0 Å². The van der Waals surface area contributed by atoms with Crippen molar-refractivity contribution >= 4 is 11.6 Å². The topological polar surface area (TPSA) is 90.1 Å². The van der Waals surface area contributed by atoms with Crippen molar-refractivity contribution in [2.24, 2.45) is 5.41 Å². The number of hydrogen-bond donors (Lipinski definition) is 2. The van der Waals surface area contributed by atoms with Crippen LogP contribution in [0.25, 0.3) is 0 Å². The number of hydrogen-bond acceptors (Lipinski definition) is 5. The van der Waals surface area contributed by atoms with Gasteiger partial charge >= 0.3 is 0 Å². The van der Waals surface area contributed by atoms with Gasteiger partial charge in [0.15, 0.2) is 5.69 Å². The van der Waals surface area contributed by atoms with Gasteiger partial charge in [0, 0.05) is 24.5 Å². The molecule has 1 saturated carbocycles. The van der Waals surface area contributed by atoms with Crippen molar-refractivity contribution in [1.82, 2.24) is 15.3 Å². The summed E-state index contributed by atoms with van der Waals surface area (Å²) in [5.41, 5.74) is 6.30. The molecular formula is C15H24N4O2. The van der Waals surface area contributed by atoms with Gasteiger partial charge in [0.1, 0.15) is 5.82 Å². The van der Waals surface area contributed by atoms with Crippen molar-refractivity contribution in [2.45, 2.75) is 52.2 Å².